The highest BCUT2D eigenvalue weighted by Crippen LogP contribution is 2.00. The first-order chi connectivity index (χ1) is 4.84. The average Bonchev–Trinajstić information content (AvgIpc) is 2.13. The second-order valence-corrected chi connectivity index (χ2v) is 2.80. The fourth-order valence-electron chi connectivity index (χ4n) is 1.19. The Kier molecular flexibility index (Phi) is 3.12. The third-order valence-electron chi connectivity index (χ3n) is 2.00. The van der Waals surface area contributed by atoms with Crippen molar-refractivity contribution in [1.29, 1.82) is 0 Å². The maximum atomic E-state index is 8.88. The van der Waals surface area contributed by atoms with Crippen molar-refractivity contribution in [1.82, 2.24) is 10.2 Å². The van der Waals surface area contributed by atoms with E-state index in [2.05, 4.69) is 10.2 Å². The predicted octanol–water partition coefficient (Wildman–Crippen LogP) is -0.713. The second kappa shape index (κ2) is 3.91. The Morgan fingerprint density at radius 3 is 3.20 bits per heavy atom. The van der Waals surface area contributed by atoms with Gasteiger partial charge >= 0.3 is 0 Å². The van der Waals surface area contributed by atoms with E-state index in [-0.39, 0.29) is 12.6 Å². The van der Waals surface area contributed by atoms with E-state index in [4.69, 9.17) is 5.11 Å². The minimum atomic E-state index is 0.236. The Labute approximate surface area is 62.0 Å². The highest BCUT2D eigenvalue weighted by Gasteiger charge is 2.15. The highest BCUT2D eigenvalue weighted by molar-refractivity contribution is 4.73. The van der Waals surface area contributed by atoms with Gasteiger partial charge in [-0.2, -0.15) is 0 Å². The van der Waals surface area contributed by atoms with Crippen molar-refractivity contribution < 1.29 is 5.11 Å². The van der Waals surface area contributed by atoms with Gasteiger partial charge in [-0.25, -0.2) is 5.32 Å². The van der Waals surface area contributed by atoms with Gasteiger partial charge in [0.15, 0.2) is 0 Å². The quantitative estimate of drug-likeness (QED) is 0.526. The molecule has 0 aromatic heterocycles. The summed E-state index contributed by atoms with van der Waals surface area (Å²) >= 11 is 0. The molecule has 59 valence electrons. The molecule has 0 aromatic rings. The van der Waals surface area contributed by atoms with Crippen molar-refractivity contribution in [3.63, 3.8) is 0 Å². The number of aliphatic hydroxyl groups excluding tert-OH is 1. The monoisotopic (exact) mass is 143 g/mol. The van der Waals surface area contributed by atoms with Crippen LogP contribution in [-0.4, -0.2) is 49.3 Å². The van der Waals surface area contributed by atoms with Crippen LogP contribution in [0.1, 0.15) is 6.42 Å². The van der Waals surface area contributed by atoms with Crippen LogP contribution in [0, 0.1) is 0 Å². The maximum Gasteiger partial charge on any atom is 0.0599 e. The molecular weight excluding hydrogens is 128 g/mol. The molecule has 1 rings (SSSR count). The minimum Gasteiger partial charge on any atom is -0.395 e. The lowest BCUT2D eigenvalue weighted by Crippen LogP contribution is -2.38. The van der Waals surface area contributed by atoms with Gasteiger partial charge in [-0.1, -0.05) is 0 Å². The summed E-state index contributed by atoms with van der Waals surface area (Å²) in [5.74, 6) is 0. The molecule has 1 saturated heterocycles. The molecule has 1 aliphatic heterocycles. The summed E-state index contributed by atoms with van der Waals surface area (Å²) in [6.07, 6.45) is 1.13. The van der Waals surface area contributed by atoms with Crippen molar-refractivity contribution >= 4 is 0 Å². The van der Waals surface area contributed by atoms with Gasteiger partial charge in [0.05, 0.1) is 6.61 Å². The average molecular weight is 143 g/mol. The number of likely N-dealkylation sites (N-methyl/N-ethyl adjacent to an activating group) is 1. The van der Waals surface area contributed by atoms with Crippen LogP contribution in [-0.2, 0) is 0 Å². The molecule has 1 aliphatic rings. The van der Waals surface area contributed by atoms with Crippen LogP contribution in [0.25, 0.3) is 0 Å². The van der Waals surface area contributed by atoms with E-state index in [1.165, 1.54) is 0 Å². The molecule has 1 N–H and O–H groups in total. The lowest BCUT2D eigenvalue weighted by Gasteiger charge is -2.22. The lowest BCUT2D eigenvalue weighted by atomic mass is 10.3. The molecule has 1 atom stereocenters. The molecule has 0 aliphatic carbocycles. The van der Waals surface area contributed by atoms with E-state index in [1.54, 1.807) is 0 Å². The third-order valence-corrected chi connectivity index (χ3v) is 2.00. The molecule has 10 heavy (non-hydrogen) atoms. The smallest absolute Gasteiger partial charge is 0.0599 e. The second-order valence-electron chi connectivity index (χ2n) is 2.80. The van der Waals surface area contributed by atoms with Gasteiger partial charge < -0.3 is 5.11 Å². The van der Waals surface area contributed by atoms with Crippen LogP contribution >= 0.6 is 0 Å². The van der Waals surface area contributed by atoms with Crippen molar-refractivity contribution in [2.75, 3.05) is 33.3 Å². The number of aliphatic hydroxyl groups is 1. The zero-order valence-electron chi connectivity index (χ0n) is 6.45. The molecule has 1 unspecified atom stereocenters. The number of nitrogens with zero attached hydrogens (tertiary/aromatic N) is 2. The van der Waals surface area contributed by atoms with Crippen molar-refractivity contribution in [2.45, 2.75) is 12.5 Å². The Balaban J connectivity index is 2.35. The molecule has 0 saturated carbocycles. The van der Waals surface area contributed by atoms with Gasteiger partial charge in [0.25, 0.3) is 0 Å². The normalized spacial score (nSPS) is 30.0. The van der Waals surface area contributed by atoms with Crippen molar-refractivity contribution in [3.8, 4) is 0 Å². The molecule has 0 amide bonds. The molecule has 1 fully saturated rings. The molecule has 3 nitrogen and oxygen atoms in total. The molecule has 3 heteroatoms. The zero-order valence-corrected chi connectivity index (χ0v) is 6.45. The Morgan fingerprint density at radius 2 is 2.50 bits per heavy atom. The molecule has 0 spiro atoms. The van der Waals surface area contributed by atoms with Crippen LogP contribution in [0.4, 0.5) is 0 Å². The number of rotatable bonds is 1. The fraction of sp³-hybridized carbons (Fsp3) is 1.00. The minimum absolute atomic E-state index is 0.236. The van der Waals surface area contributed by atoms with Gasteiger partial charge in [0, 0.05) is 19.1 Å². The summed E-state index contributed by atoms with van der Waals surface area (Å²) in [5.41, 5.74) is 0. The van der Waals surface area contributed by atoms with Gasteiger partial charge in [0.2, 0.25) is 0 Å². The largest absolute Gasteiger partial charge is 0.395 e. The Morgan fingerprint density at radius 1 is 1.70 bits per heavy atom. The summed E-state index contributed by atoms with van der Waals surface area (Å²) in [7, 11) is 2.04. The standard InChI is InChI=1S/C7H15N2O/c1-9-4-2-3-8-5-7(9)6-10/h7,10H,2-6H2,1H3. The summed E-state index contributed by atoms with van der Waals surface area (Å²) in [6, 6.07) is 0.266. The summed E-state index contributed by atoms with van der Waals surface area (Å²) < 4.78 is 0. The SMILES string of the molecule is CN1CCC[N]CC1CO. The van der Waals surface area contributed by atoms with Crippen LogP contribution in [0.15, 0.2) is 0 Å². The molecule has 1 heterocycles. The zero-order chi connectivity index (χ0) is 7.40. The number of hydrogen-bond donors (Lipinski definition) is 1. The Bertz CT molecular complexity index is 97.6. The van der Waals surface area contributed by atoms with Crippen LogP contribution in [0.3, 0.4) is 0 Å². The van der Waals surface area contributed by atoms with E-state index >= 15 is 0 Å². The van der Waals surface area contributed by atoms with Gasteiger partial charge in [0.1, 0.15) is 0 Å². The Hall–Kier alpha value is -0.120. The van der Waals surface area contributed by atoms with Crippen LogP contribution in [0.2, 0.25) is 0 Å². The van der Waals surface area contributed by atoms with E-state index < -0.39 is 0 Å². The van der Waals surface area contributed by atoms with E-state index in [0.29, 0.717) is 0 Å². The maximum absolute atomic E-state index is 8.88. The molecule has 0 aromatic carbocycles. The number of hydrogen-bond acceptors (Lipinski definition) is 2. The summed E-state index contributed by atoms with van der Waals surface area (Å²) in [5, 5.41) is 13.2. The molecule has 1 radical (unpaired) electrons. The van der Waals surface area contributed by atoms with Crippen LogP contribution in [0.5, 0.6) is 0 Å². The molecule has 0 bridgehead atoms. The first kappa shape index (κ1) is 7.98. The first-order valence-electron chi connectivity index (χ1n) is 3.79. The van der Waals surface area contributed by atoms with Crippen molar-refractivity contribution in [3.05, 3.63) is 0 Å². The van der Waals surface area contributed by atoms with Gasteiger partial charge in [-0.05, 0) is 20.0 Å². The topological polar surface area (TPSA) is 37.6 Å². The summed E-state index contributed by atoms with van der Waals surface area (Å²) in [4.78, 5) is 2.18. The van der Waals surface area contributed by atoms with Crippen LogP contribution < -0.4 is 5.32 Å². The highest BCUT2D eigenvalue weighted by atomic mass is 16.3. The lowest BCUT2D eigenvalue weighted by molar-refractivity contribution is 0.156. The van der Waals surface area contributed by atoms with Gasteiger partial charge in [-0.15, -0.1) is 0 Å². The molecular formula is C7H15N2O. The van der Waals surface area contributed by atoms with E-state index in [0.717, 1.165) is 26.1 Å². The van der Waals surface area contributed by atoms with E-state index in [9.17, 15) is 0 Å². The van der Waals surface area contributed by atoms with Gasteiger partial charge in [-0.3, -0.25) is 4.90 Å². The fourth-order valence-corrected chi connectivity index (χ4v) is 1.19. The van der Waals surface area contributed by atoms with Crippen molar-refractivity contribution in [2.24, 2.45) is 0 Å². The summed E-state index contributed by atoms with van der Waals surface area (Å²) in [6.45, 7) is 3.06. The van der Waals surface area contributed by atoms with E-state index in [1.807, 2.05) is 7.05 Å². The predicted molar refractivity (Wildman–Crippen MR) is 40.0 cm³/mol. The third kappa shape index (κ3) is 1.94. The first-order valence-corrected chi connectivity index (χ1v) is 3.79.